The van der Waals surface area contributed by atoms with E-state index in [1.54, 1.807) is 7.11 Å². The lowest BCUT2D eigenvalue weighted by molar-refractivity contribution is -0.122. The molecule has 100 valence electrons. The Morgan fingerprint density at radius 2 is 2.50 bits per heavy atom. The zero-order chi connectivity index (χ0) is 13.0. The monoisotopic (exact) mass is 254 g/mol. The maximum Gasteiger partial charge on any atom is 0.222 e. The van der Waals surface area contributed by atoms with E-state index in [9.17, 15) is 4.79 Å². The van der Waals surface area contributed by atoms with Gasteiger partial charge in [-0.25, -0.2) is 0 Å². The van der Waals surface area contributed by atoms with Crippen molar-refractivity contribution in [3.63, 3.8) is 0 Å². The van der Waals surface area contributed by atoms with Gasteiger partial charge in [-0.15, -0.1) is 0 Å². The van der Waals surface area contributed by atoms with Crippen molar-refractivity contribution >= 4 is 5.91 Å². The molecule has 0 aliphatic heterocycles. The molecule has 1 aliphatic rings. The largest absolute Gasteiger partial charge is 0.390 e. The van der Waals surface area contributed by atoms with Crippen molar-refractivity contribution in [1.29, 1.82) is 0 Å². The fraction of sp³-hybridized carbons (Fsp3) is 0.667. The summed E-state index contributed by atoms with van der Waals surface area (Å²) in [6, 6.07) is 0.0894. The number of nitrogens with one attached hydrogen (secondary N) is 1. The van der Waals surface area contributed by atoms with E-state index in [2.05, 4.69) is 10.5 Å². The van der Waals surface area contributed by atoms with Gasteiger partial charge in [-0.2, -0.15) is 0 Å². The average molecular weight is 254 g/mol. The molecule has 1 atom stereocenters. The molecule has 0 aromatic carbocycles. The molecule has 1 aromatic heterocycles. The van der Waals surface area contributed by atoms with Crippen LogP contribution in [0.4, 0.5) is 0 Å². The summed E-state index contributed by atoms with van der Waals surface area (Å²) in [4.78, 5) is 11.6. The van der Waals surface area contributed by atoms with Crippen molar-refractivity contribution in [2.24, 2.45) is 0 Å². The first-order chi connectivity index (χ1) is 8.74. The van der Waals surface area contributed by atoms with Crippen LogP contribution in [0.1, 0.15) is 29.9 Å². The Morgan fingerprint density at radius 1 is 1.67 bits per heavy atom. The van der Waals surface area contributed by atoms with Crippen molar-refractivity contribution in [1.82, 2.24) is 10.5 Å². The summed E-state index contributed by atoms with van der Waals surface area (Å²) in [6.45, 7) is 0.308. The highest BCUT2D eigenvalue weighted by Crippen LogP contribution is 2.24. The van der Waals surface area contributed by atoms with Crippen LogP contribution in [0.3, 0.4) is 0 Å². The third kappa shape index (κ3) is 2.88. The standard InChI is InChI=1S/C12H18N2O4/c1-17-5-4-12(16)13-8-2-3-11-9(6-8)10(7-15)14-18-11/h8,15H,2-7H2,1H3,(H,13,16). The fourth-order valence-corrected chi connectivity index (χ4v) is 2.21. The van der Waals surface area contributed by atoms with Crippen LogP contribution in [0, 0.1) is 0 Å². The molecule has 6 nitrogen and oxygen atoms in total. The number of ether oxygens (including phenoxy) is 1. The number of hydrogen-bond acceptors (Lipinski definition) is 5. The Kier molecular flexibility index (Phi) is 4.33. The van der Waals surface area contributed by atoms with Gasteiger partial charge >= 0.3 is 0 Å². The minimum atomic E-state index is -0.122. The van der Waals surface area contributed by atoms with Gasteiger partial charge in [0, 0.05) is 31.6 Å². The number of methoxy groups -OCH3 is 1. The van der Waals surface area contributed by atoms with Crippen LogP contribution in [0.15, 0.2) is 4.52 Å². The highest BCUT2D eigenvalue weighted by Gasteiger charge is 2.26. The number of aryl methyl sites for hydroxylation is 1. The summed E-state index contributed by atoms with van der Waals surface area (Å²) in [5, 5.41) is 15.9. The van der Waals surface area contributed by atoms with Crippen LogP contribution in [0.2, 0.25) is 0 Å². The number of aromatic nitrogens is 1. The summed E-state index contributed by atoms with van der Waals surface area (Å²) in [6.07, 6.45) is 2.63. The van der Waals surface area contributed by atoms with Crippen molar-refractivity contribution in [2.75, 3.05) is 13.7 Å². The molecule has 1 aromatic rings. The first-order valence-corrected chi connectivity index (χ1v) is 6.10. The Bertz CT molecular complexity index is 403. The number of aliphatic hydroxyl groups excluding tert-OH is 1. The molecule has 0 radical (unpaired) electrons. The van der Waals surface area contributed by atoms with Crippen molar-refractivity contribution in [3.05, 3.63) is 17.0 Å². The summed E-state index contributed by atoms with van der Waals surface area (Å²) in [5.41, 5.74) is 1.53. The lowest BCUT2D eigenvalue weighted by atomic mass is 9.92. The number of carbonyl (C=O) groups excluding carboxylic acids is 1. The second-order valence-electron chi connectivity index (χ2n) is 4.44. The molecule has 1 heterocycles. The van der Waals surface area contributed by atoms with Crippen LogP contribution in [-0.4, -0.2) is 35.9 Å². The molecule has 0 saturated heterocycles. The molecule has 2 rings (SSSR count). The van der Waals surface area contributed by atoms with Crippen molar-refractivity contribution in [3.8, 4) is 0 Å². The second-order valence-corrected chi connectivity index (χ2v) is 4.44. The van der Waals surface area contributed by atoms with E-state index >= 15 is 0 Å². The third-order valence-electron chi connectivity index (χ3n) is 3.17. The number of fused-ring (bicyclic) bond motifs is 1. The Labute approximate surface area is 105 Å². The van der Waals surface area contributed by atoms with E-state index in [4.69, 9.17) is 14.4 Å². The van der Waals surface area contributed by atoms with Gasteiger partial charge in [0.2, 0.25) is 5.91 Å². The predicted octanol–water partition coefficient (Wildman–Crippen LogP) is 0.177. The Morgan fingerprint density at radius 3 is 3.22 bits per heavy atom. The molecule has 2 N–H and O–H groups in total. The van der Waals surface area contributed by atoms with Crippen molar-refractivity contribution in [2.45, 2.75) is 38.3 Å². The van der Waals surface area contributed by atoms with E-state index in [-0.39, 0.29) is 18.6 Å². The number of amides is 1. The molecule has 1 unspecified atom stereocenters. The Hall–Kier alpha value is -1.40. The summed E-state index contributed by atoms with van der Waals surface area (Å²) in [7, 11) is 1.57. The van der Waals surface area contributed by atoms with Crippen LogP contribution in [0.25, 0.3) is 0 Å². The minimum Gasteiger partial charge on any atom is -0.390 e. The lowest BCUT2D eigenvalue weighted by Gasteiger charge is -2.22. The topological polar surface area (TPSA) is 84.6 Å². The van der Waals surface area contributed by atoms with Gasteiger partial charge in [0.05, 0.1) is 13.2 Å². The smallest absolute Gasteiger partial charge is 0.222 e. The number of rotatable bonds is 5. The maximum absolute atomic E-state index is 11.6. The van der Waals surface area contributed by atoms with Gasteiger partial charge in [0.1, 0.15) is 11.5 Å². The normalized spacial score (nSPS) is 18.4. The van der Waals surface area contributed by atoms with E-state index in [0.717, 1.165) is 24.2 Å². The third-order valence-corrected chi connectivity index (χ3v) is 3.17. The molecule has 0 spiro atoms. The van der Waals surface area contributed by atoms with Crippen LogP contribution >= 0.6 is 0 Å². The zero-order valence-corrected chi connectivity index (χ0v) is 10.4. The van der Waals surface area contributed by atoms with Gasteiger partial charge in [-0.3, -0.25) is 4.79 Å². The van der Waals surface area contributed by atoms with Crippen LogP contribution in [-0.2, 0) is 29.0 Å². The first kappa shape index (κ1) is 13.0. The number of aliphatic hydroxyl groups is 1. The Balaban J connectivity index is 1.92. The molecule has 0 fully saturated rings. The van der Waals surface area contributed by atoms with E-state index in [1.165, 1.54) is 0 Å². The molecular formula is C12H18N2O4. The molecule has 1 aliphatic carbocycles. The molecule has 18 heavy (non-hydrogen) atoms. The first-order valence-electron chi connectivity index (χ1n) is 6.10. The van der Waals surface area contributed by atoms with Gasteiger partial charge in [-0.1, -0.05) is 5.16 Å². The molecule has 6 heteroatoms. The number of carbonyl (C=O) groups is 1. The SMILES string of the molecule is COCCC(=O)NC1CCc2onc(CO)c2C1. The van der Waals surface area contributed by atoms with E-state index in [0.29, 0.717) is 25.1 Å². The number of hydrogen-bond donors (Lipinski definition) is 2. The molecule has 1 amide bonds. The molecular weight excluding hydrogens is 236 g/mol. The van der Waals surface area contributed by atoms with E-state index < -0.39 is 0 Å². The predicted molar refractivity (Wildman–Crippen MR) is 62.9 cm³/mol. The summed E-state index contributed by atoms with van der Waals surface area (Å²) < 4.78 is 10.0. The summed E-state index contributed by atoms with van der Waals surface area (Å²) >= 11 is 0. The van der Waals surface area contributed by atoms with Gasteiger partial charge in [-0.05, 0) is 12.8 Å². The molecule has 0 bridgehead atoms. The highest BCUT2D eigenvalue weighted by atomic mass is 16.5. The number of nitrogens with zero attached hydrogens (tertiary/aromatic N) is 1. The minimum absolute atomic E-state index is 0.00713. The highest BCUT2D eigenvalue weighted by molar-refractivity contribution is 5.76. The van der Waals surface area contributed by atoms with Crippen LogP contribution in [0.5, 0.6) is 0 Å². The van der Waals surface area contributed by atoms with Gasteiger partial charge in [0.15, 0.2) is 0 Å². The quantitative estimate of drug-likeness (QED) is 0.783. The average Bonchev–Trinajstić information content (AvgIpc) is 2.78. The van der Waals surface area contributed by atoms with Crippen LogP contribution < -0.4 is 5.32 Å². The maximum atomic E-state index is 11.6. The van der Waals surface area contributed by atoms with Gasteiger partial charge < -0.3 is 19.7 Å². The second kappa shape index (κ2) is 5.97. The molecule has 0 saturated carbocycles. The fourth-order valence-electron chi connectivity index (χ4n) is 2.21. The van der Waals surface area contributed by atoms with Gasteiger partial charge in [0.25, 0.3) is 0 Å². The lowest BCUT2D eigenvalue weighted by Crippen LogP contribution is -2.39. The van der Waals surface area contributed by atoms with E-state index in [1.807, 2.05) is 0 Å². The van der Waals surface area contributed by atoms with Crippen molar-refractivity contribution < 1.29 is 19.2 Å². The zero-order valence-electron chi connectivity index (χ0n) is 10.4. The summed E-state index contributed by atoms with van der Waals surface area (Å²) in [5.74, 6) is 0.828.